The second-order valence-electron chi connectivity index (χ2n) is 9.96. The van der Waals surface area contributed by atoms with Crippen molar-refractivity contribution in [2.45, 2.75) is 0 Å². The van der Waals surface area contributed by atoms with E-state index in [0.29, 0.717) is 0 Å². The van der Waals surface area contributed by atoms with Gasteiger partial charge in [0.05, 0.1) is 0 Å². The van der Waals surface area contributed by atoms with Gasteiger partial charge in [-0.25, -0.2) is 0 Å². The lowest BCUT2D eigenvalue weighted by Crippen LogP contribution is -2.09. The lowest BCUT2D eigenvalue weighted by atomic mass is 9.97. The van der Waals surface area contributed by atoms with Crippen molar-refractivity contribution in [3.8, 4) is 22.3 Å². The maximum atomic E-state index is 3.60. The number of fused-ring (bicyclic) bond motifs is 2. The Bertz CT molecular complexity index is 1810. The van der Waals surface area contributed by atoms with Gasteiger partial charge in [0.1, 0.15) is 0 Å². The zero-order chi connectivity index (χ0) is 26.9. The first-order chi connectivity index (χ1) is 19.7. The molecule has 0 aliphatic carbocycles. The molecule has 0 atom stereocenters. The van der Waals surface area contributed by atoms with E-state index in [2.05, 4.69) is 179 Å². The average molecular weight is 577 g/mol. The molecule has 2 heteroatoms. The molecule has 0 heterocycles. The van der Waals surface area contributed by atoms with Crippen LogP contribution in [0.1, 0.15) is 0 Å². The first-order valence-electron chi connectivity index (χ1n) is 13.5. The molecule has 0 aliphatic heterocycles. The van der Waals surface area contributed by atoms with Crippen molar-refractivity contribution in [1.29, 1.82) is 0 Å². The van der Waals surface area contributed by atoms with Crippen LogP contribution in [0.15, 0.2) is 162 Å². The smallest absolute Gasteiger partial charge is 0.0462 e. The van der Waals surface area contributed by atoms with Gasteiger partial charge in [0.15, 0.2) is 0 Å². The molecule has 190 valence electrons. The Labute approximate surface area is 243 Å². The van der Waals surface area contributed by atoms with Crippen molar-refractivity contribution in [1.82, 2.24) is 0 Å². The molecule has 0 N–H and O–H groups in total. The minimum absolute atomic E-state index is 1.06. The standard InChI is InChI=1S/C38H26BrN/c39-31-19-25-34(26-20-31)40(32-21-15-29(16-22-32)37-13-5-9-27-7-1-3-11-35(27)37)33-23-17-30(18-24-33)38-14-6-10-28-8-2-4-12-36(28)38/h1-26H. The molecule has 0 aromatic heterocycles. The fraction of sp³-hybridized carbons (Fsp3) is 0. The molecule has 7 aromatic carbocycles. The SMILES string of the molecule is Brc1ccc(N(c2ccc(-c3cccc4ccccc34)cc2)c2ccc(-c3cccc4ccccc34)cc2)cc1. The molecule has 0 aliphatic rings. The summed E-state index contributed by atoms with van der Waals surface area (Å²) in [5, 5.41) is 5.05. The average Bonchev–Trinajstić information content (AvgIpc) is 3.02. The van der Waals surface area contributed by atoms with Crippen LogP contribution in [0.5, 0.6) is 0 Å². The quantitative estimate of drug-likeness (QED) is 0.197. The van der Waals surface area contributed by atoms with E-state index in [9.17, 15) is 0 Å². The predicted molar refractivity (Wildman–Crippen MR) is 175 cm³/mol. The number of hydrogen-bond donors (Lipinski definition) is 0. The Kier molecular flexibility index (Phi) is 6.39. The summed E-state index contributed by atoms with van der Waals surface area (Å²) in [7, 11) is 0. The summed E-state index contributed by atoms with van der Waals surface area (Å²) in [5.74, 6) is 0. The van der Waals surface area contributed by atoms with Crippen LogP contribution in [0, 0.1) is 0 Å². The number of hydrogen-bond acceptors (Lipinski definition) is 1. The number of anilines is 3. The third kappa shape index (κ3) is 4.57. The third-order valence-corrected chi connectivity index (χ3v) is 8.07. The van der Waals surface area contributed by atoms with Crippen LogP contribution in [0.2, 0.25) is 0 Å². The van der Waals surface area contributed by atoms with E-state index < -0.39 is 0 Å². The van der Waals surface area contributed by atoms with E-state index in [4.69, 9.17) is 0 Å². The Morgan fingerprint density at radius 1 is 0.350 bits per heavy atom. The van der Waals surface area contributed by atoms with E-state index >= 15 is 0 Å². The summed E-state index contributed by atoms with van der Waals surface area (Å²) in [6.07, 6.45) is 0. The van der Waals surface area contributed by atoms with Crippen LogP contribution in [-0.2, 0) is 0 Å². The molecule has 40 heavy (non-hydrogen) atoms. The van der Waals surface area contributed by atoms with Gasteiger partial charge >= 0.3 is 0 Å². The lowest BCUT2D eigenvalue weighted by molar-refractivity contribution is 1.28. The van der Waals surface area contributed by atoms with Crippen molar-refractivity contribution in [3.05, 3.63) is 162 Å². The second kappa shape index (κ2) is 10.5. The van der Waals surface area contributed by atoms with E-state index in [1.165, 1.54) is 43.8 Å². The molecule has 7 aromatic rings. The monoisotopic (exact) mass is 575 g/mol. The normalized spacial score (nSPS) is 11.1. The van der Waals surface area contributed by atoms with Gasteiger partial charge in [0, 0.05) is 21.5 Å². The summed E-state index contributed by atoms with van der Waals surface area (Å²) < 4.78 is 1.06. The molecule has 0 spiro atoms. The Balaban J connectivity index is 1.29. The van der Waals surface area contributed by atoms with Crippen molar-refractivity contribution < 1.29 is 0 Å². The summed E-state index contributed by atoms with van der Waals surface area (Å²) in [5.41, 5.74) is 8.26. The summed E-state index contributed by atoms with van der Waals surface area (Å²) in [6.45, 7) is 0. The van der Waals surface area contributed by atoms with Gasteiger partial charge in [-0.3, -0.25) is 0 Å². The van der Waals surface area contributed by atoms with Crippen molar-refractivity contribution >= 4 is 54.5 Å². The number of rotatable bonds is 5. The van der Waals surface area contributed by atoms with Crippen LogP contribution < -0.4 is 4.90 Å². The van der Waals surface area contributed by atoms with Gasteiger partial charge in [-0.05, 0) is 92.3 Å². The largest absolute Gasteiger partial charge is 0.311 e. The van der Waals surface area contributed by atoms with Gasteiger partial charge in [-0.2, -0.15) is 0 Å². The second-order valence-corrected chi connectivity index (χ2v) is 10.9. The highest BCUT2D eigenvalue weighted by Gasteiger charge is 2.14. The first-order valence-corrected chi connectivity index (χ1v) is 14.3. The fourth-order valence-electron chi connectivity index (χ4n) is 5.57. The van der Waals surface area contributed by atoms with Crippen LogP contribution in [0.25, 0.3) is 43.8 Å². The van der Waals surface area contributed by atoms with E-state index in [1.807, 2.05) is 0 Å². The van der Waals surface area contributed by atoms with Gasteiger partial charge in [-0.15, -0.1) is 0 Å². The van der Waals surface area contributed by atoms with Crippen LogP contribution in [0.3, 0.4) is 0 Å². The van der Waals surface area contributed by atoms with Crippen molar-refractivity contribution in [2.75, 3.05) is 4.90 Å². The molecule has 0 radical (unpaired) electrons. The molecule has 0 unspecified atom stereocenters. The van der Waals surface area contributed by atoms with Crippen LogP contribution in [0.4, 0.5) is 17.1 Å². The Morgan fingerprint density at radius 2 is 0.725 bits per heavy atom. The topological polar surface area (TPSA) is 3.24 Å². The lowest BCUT2D eigenvalue weighted by Gasteiger charge is -2.26. The van der Waals surface area contributed by atoms with Gasteiger partial charge in [-0.1, -0.05) is 125 Å². The summed E-state index contributed by atoms with van der Waals surface area (Å²) in [6, 6.07) is 56.5. The molecule has 0 amide bonds. The van der Waals surface area contributed by atoms with Gasteiger partial charge < -0.3 is 4.90 Å². The minimum Gasteiger partial charge on any atom is -0.311 e. The predicted octanol–water partition coefficient (Wildman–Crippen LogP) is 11.6. The van der Waals surface area contributed by atoms with Gasteiger partial charge in [0.25, 0.3) is 0 Å². The highest BCUT2D eigenvalue weighted by Crippen LogP contribution is 2.38. The molecule has 1 nitrogen and oxygen atoms in total. The number of halogens is 1. The highest BCUT2D eigenvalue weighted by molar-refractivity contribution is 9.10. The molecular weight excluding hydrogens is 550 g/mol. The van der Waals surface area contributed by atoms with Crippen LogP contribution in [-0.4, -0.2) is 0 Å². The maximum absolute atomic E-state index is 3.60. The number of benzene rings is 7. The summed E-state index contributed by atoms with van der Waals surface area (Å²) in [4.78, 5) is 2.31. The zero-order valence-corrected chi connectivity index (χ0v) is 23.4. The molecule has 0 bridgehead atoms. The highest BCUT2D eigenvalue weighted by atomic mass is 79.9. The first kappa shape index (κ1) is 24.4. The van der Waals surface area contributed by atoms with Gasteiger partial charge in [0.2, 0.25) is 0 Å². The Hall–Kier alpha value is -4.66. The molecule has 0 saturated heterocycles. The molecule has 7 rings (SSSR count). The maximum Gasteiger partial charge on any atom is 0.0462 e. The van der Waals surface area contributed by atoms with E-state index in [-0.39, 0.29) is 0 Å². The van der Waals surface area contributed by atoms with Crippen molar-refractivity contribution in [2.24, 2.45) is 0 Å². The molecule has 0 saturated carbocycles. The third-order valence-electron chi connectivity index (χ3n) is 7.54. The molecular formula is C38H26BrN. The fourth-order valence-corrected chi connectivity index (χ4v) is 5.84. The number of nitrogens with zero attached hydrogens (tertiary/aromatic N) is 1. The summed E-state index contributed by atoms with van der Waals surface area (Å²) >= 11 is 3.60. The van der Waals surface area contributed by atoms with Crippen molar-refractivity contribution in [3.63, 3.8) is 0 Å². The van der Waals surface area contributed by atoms with Crippen LogP contribution >= 0.6 is 15.9 Å². The van der Waals surface area contributed by atoms with E-state index in [1.54, 1.807) is 0 Å². The zero-order valence-electron chi connectivity index (χ0n) is 21.8. The van der Waals surface area contributed by atoms with E-state index in [0.717, 1.165) is 21.5 Å². The molecule has 0 fully saturated rings. The minimum atomic E-state index is 1.06. The Morgan fingerprint density at radius 3 is 1.18 bits per heavy atom.